The number of fused-ring (bicyclic) bond motifs is 3. The second-order valence-electron chi connectivity index (χ2n) is 5.51. The summed E-state index contributed by atoms with van der Waals surface area (Å²) in [5.41, 5.74) is 2.79. The lowest BCUT2D eigenvalue weighted by atomic mass is 9.93. The average Bonchev–Trinajstić information content (AvgIpc) is 2.83. The van der Waals surface area contributed by atoms with Gasteiger partial charge in [0.1, 0.15) is 0 Å². The third-order valence-electron chi connectivity index (χ3n) is 4.10. The van der Waals surface area contributed by atoms with E-state index >= 15 is 0 Å². The van der Waals surface area contributed by atoms with E-state index < -0.39 is 0 Å². The Labute approximate surface area is 135 Å². The fourth-order valence-electron chi connectivity index (χ4n) is 2.99. The highest BCUT2D eigenvalue weighted by Crippen LogP contribution is 2.34. The summed E-state index contributed by atoms with van der Waals surface area (Å²) in [5, 5.41) is 2.71. The number of allylic oxidation sites excluding steroid dienone is 4. The van der Waals surface area contributed by atoms with Gasteiger partial charge < -0.3 is 4.52 Å². The van der Waals surface area contributed by atoms with Crippen LogP contribution in [0.1, 0.15) is 12.0 Å². The Morgan fingerprint density at radius 2 is 2.00 bits per heavy atom. The van der Waals surface area contributed by atoms with E-state index in [0.29, 0.717) is 15.8 Å². The van der Waals surface area contributed by atoms with Crippen molar-refractivity contribution in [1.29, 1.82) is 0 Å². The fourth-order valence-corrected chi connectivity index (χ4v) is 3.33. The number of hydrogen-bond acceptors (Lipinski definition) is 2. The van der Waals surface area contributed by atoms with Crippen LogP contribution in [0.25, 0.3) is 27.3 Å². The van der Waals surface area contributed by atoms with Gasteiger partial charge in [0.05, 0.1) is 5.39 Å². The first-order chi connectivity index (χ1) is 10.6. The van der Waals surface area contributed by atoms with Crippen molar-refractivity contribution >= 4 is 43.2 Å². The molecule has 0 saturated carbocycles. The van der Waals surface area contributed by atoms with E-state index in [4.69, 9.17) is 4.52 Å². The maximum atomic E-state index is 12.3. The van der Waals surface area contributed by atoms with Gasteiger partial charge in [0, 0.05) is 17.3 Å². The smallest absolute Gasteiger partial charge is 0.290 e. The zero-order chi connectivity index (χ0) is 15.3. The van der Waals surface area contributed by atoms with Crippen molar-refractivity contribution in [3.63, 3.8) is 0 Å². The predicted molar refractivity (Wildman–Crippen MR) is 93.4 cm³/mol. The van der Waals surface area contributed by atoms with Crippen LogP contribution in [0.15, 0.2) is 57.9 Å². The zero-order valence-corrected chi connectivity index (χ0v) is 13.6. The van der Waals surface area contributed by atoms with Gasteiger partial charge >= 0.3 is 0 Å². The summed E-state index contributed by atoms with van der Waals surface area (Å²) in [6.45, 7) is 0. The molecule has 22 heavy (non-hydrogen) atoms. The quantitative estimate of drug-likeness (QED) is 0.606. The molecule has 0 fully saturated rings. The maximum absolute atomic E-state index is 12.3. The van der Waals surface area contributed by atoms with E-state index in [1.807, 2.05) is 24.3 Å². The second kappa shape index (κ2) is 4.99. The van der Waals surface area contributed by atoms with E-state index in [-0.39, 0.29) is 5.56 Å². The lowest BCUT2D eigenvalue weighted by Gasteiger charge is -2.13. The molecule has 0 spiro atoms. The predicted octanol–water partition coefficient (Wildman–Crippen LogP) is 4.39. The van der Waals surface area contributed by atoms with Crippen molar-refractivity contribution < 1.29 is 4.52 Å². The summed E-state index contributed by atoms with van der Waals surface area (Å²) < 4.78 is 6.92. The van der Waals surface area contributed by atoms with Crippen LogP contribution >= 0.6 is 15.9 Å². The molecule has 1 aliphatic carbocycles. The number of nitrogens with zero attached hydrogens (tertiary/aromatic N) is 1. The summed E-state index contributed by atoms with van der Waals surface area (Å²) >= 11 is 3.59. The first-order valence-corrected chi connectivity index (χ1v) is 8.11. The monoisotopic (exact) mass is 355 g/mol. The Morgan fingerprint density at radius 3 is 2.73 bits per heavy atom. The van der Waals surface area contributed by atoms with Gasteiger partial charge in [-0.25, -0.2) is 0 Å². The summed E-state index contributed by atoms with van der Waals surface area (Å²) in [5.74, 6) is 0. The van der Waals surface area contributed by atoms with Crippen LogP contribution in [-0.2, 0) is 7.05 Å². The normalized spacial score (nSPS) is 18.1. The van der Waals surface area contributed by atoms with E-state index in [2.05, 4.69) is 40.2 Å². The minimum absolute atomic E-state index is 0.0965. The number of hydrogen-bond donors (Lipinski definition) is 0. The summed E-state index contributed by atoms with van der Waals surface area (Å²) in [6, 6.07) is 10.0. The SMILES string of the molecule is Cn1oc2c(cc(C3=CCC(Br)C=C3)c3ccccc32)c1=O. The van der Waals surface area contributed by atoms with E-state index in [1.54, 1.807) is 7.05 Å². The molecule has 2 aromatic carbocycles. The van der Waals surface area contributed by atoms with Crippen LogP contribution < -0.4 is 5.56 Å². The molecule has 1 heterocycles. The van der Waals surface area contributed by atoms with Crippen LogP contribution in [-0.4, -0.2) is 9.57 Å². The molecular weight excluding hydrogens is 342 g/mol. The van der Waals surface area contributed by atoms with Crippen molar-refractivity contribution in [1.82, 2.24) is 4.74 Å². The summed E-state index contributed by atoms with van der Waals surface area (Å²) in [4.78, 5) is 12.7. The number of rotatable bonds is 1. The topological polar surface area (TPSA) is 35.1 Å². The van der Waals surface area contributed by atoms with Crippen LogP contribution in [0, 0.1) is 0 Å². The van der Waals surface area contributed by atoms with Crippen LogP contribution in [0.2, 0.25) is 0 Å². The highest BCUT2D eigenvalue weighted by molar-refractivity contribution is 9.09. The standard InChI is InChI=1S/C18H14BrNO2/c1-20-18(21)16-10-15(11-6-8-12(19)9-7-11)13-4-2-3-5-14(13)17(16)22-20/h2-8,10,12H,9H2,1H3. The molecule has 4 rings (SSSR count). The Balaban J connectivity index is 2.11. The number of aryl methyl sites for hydroxylation is 1. The van der Waals surface area contributed by atoms with Crippen molar-refractivity contribution in [2.75, 3.05) is 0 Å². The third kappa shape index (κ3) is 1.98. The first-order valence-electron chi connectivity index (χ1n) is 7.20. The molecule has 4 heteroatoms. The molecule has 0 radical (unpaired) electrons. The van der Waals surface area contributed by atoms with Gasteiger partial charge in [-0.15, -0.1) is 0 Å². The van der Waals surface area contributed by atoms with E-state index in [0.717, 1.165) is 28.3 Å². The Bertz CT molecular complexity index is 1010. The van der Waals surface area contributed by atoms with Crippen molar-refractivity contribution in [3.05, 3.63) is 64.5 Å². The number of benzene rings is 2. The molecule has 1 aromatic heterocycles. The Hall–Kier alpha value is -2.07. The highest BCUT2D eigenvalue weighted by Gasteiger charge is 2.16. The number of aromatic nitrogens is 1. The third-order valence-corrected chi connectivity index (χ3v) is 4.78. The molecule has 0 N–H and O–H groups in total. The van der Waals surface area contributed by atoms with Gasteiger partial charge in [0.25, 0.3) is 5.56 Å². The minimum Gasteiger partial charge on any atom is -0.375 e. The van der Waals surface area contributed by atoms with Crippen molar-refractivity contribution in [2.45, 2.75) is 11.2 Å². The van der Waals surface area contributed by atoms with E-state index in [9.17, 15) is 4.79 Å². The lowest BCUT2D eigenvalue weighted by molar-refractivity contribution is 0.325. The molecule has 110 valence electrons. The van der Waals surface area contributed by atoms with Gasteiger partial charge in [0.15, 0.2) is 5.58 Å². The van der Waals surface area contributed by atoms with Gasteiger partial charge in [-0.05, 0) is 29.0 Å². The Kier molecular flexibility index (Phi) is 3.08. The van der Waals surface area contributed by atoms with Gasteiger partial charge in [-0.2, -0.15) is 4.74 Å². The minimum atomic E-state index is -0.0965. The second-order valence-corrected chi connectivity index (χ2v) is 6.69. The van der Waals surface area contributed by atoms with Crippen LogP contribution in [0.5, 0.6) is 0 Å². The largest absolute Gasteiger partial charge is 0.375 e. The van der Waals surface area contributed by atoms with Gasteiger partial charge in [-0.3, -0.25) is 4.79 Å². The summed E-state index contributed by atoms with van der Waals surface area (Å²) in [6.07, 6.45) is 7.40. The molecule has 0 amide bonds. The van der Waals surface area contributed by atoms with E-state index in [1.165, 1.54) is 4.74 Å². The molecule has 0 aliphatic heterocycles. The molecule has 3 aromatic rings. The molecule has 1 unspecified atom stereocenters. The van der Waals surface area contributed by atoms with Crippen LogP contribution in [0.4, 0.5) is 0 Å². The molecule has 0 bridgehead atoms. The van der Waals surface area contributed by atoms with Gasteiger partial charge in [-0.1, -0.05) is 58.4 Å². The summed E-state index contributed by atoms with van der Waals surface area (Å²) in [7, 11) is 1.64. The molecule has 0 saturated heterocycles. The first kappa shape index (κ1) is 13.6. The van der Waals surface area contributed by atoms with Crippen LogP contribution in [0.3, 0.4) is 0 Å². The maximum Gasteiger partial charge on any atom is 0.290 e. The number of alkyl halides is 1. The lowest BCUT2D eigenvalue weighted by Crippen LogP contribution is -2.09. The molecule has 1 atom stereocenters. The molecule has 1 aliphatic rings. The van der Waals surface area contributed by atoms with Crippen molar-refractivity contribution in [2.24, 2.45) is 7.05 Å². The van der Waals surface area contributed by atoms with Crippen molar-refractivity contribution in [3.8, 4) is 0 Å². The molecular formula is C18H14BrNO2. The highest BCUT2D eigenvalue weighted by atomic mass is 79.9. The van der Waals surface area contributed by atoms with Gasteiger partial charge in [0.2, 0.25) is 0 Å². The fraction of sp³-hybridized carbons (Fsp3) is 0.167. The number of halogens is 1. The average molecular weight is 356 g/mol. The zero-order valence-electron chi connectivity index (χ0n) is 12.0. The Morgan fingerprint density at radius 1 is 1.23 bits per heavy atom. The molecule has 3 nitrogen and oxygen atoms in total.